The van der Waals surface area contributed by atoms with Gasteiger partial charge in [0.1, 0.15) is 0 Å². The molecule has 0 aromatic rings. The molecule has 2 unspecified atom stereocenters. The van der Waals surface area contributed by atoms with Crippen LogP contribution in [0, 0.1) is 11.8 Å². The molecule has 0 saturated carbocycles. The van der Waals surface area contributed by atoms with Crippen LogP contribution in [0.4, 0.5) is 0 Å². The zero-order valence-electron chi connectivity index (χ0n) is 11.6. The van der Waals surface area contributed by atoms with Crippen LogP contribution in [0.3, 0.4) is 0 Å². The fraction of sp³-hybridized carbons (Fsp3) is 0.923. The molecule has 4 N–H and O–H groups in total. The molecule has 0 aliphatic rings. The molecular formula is C13H28N2O2. The van der Waals surface area contributed by atoms with Crippen LogP contribution >= 0.6 is 0 Å². The molecule has 0 rings (SSSR count). The minimum absolute atomic E-state index is 0.102. The Morgan fingerprint density at radius 2 is 1.94 bits per heavy atom. The number of aliphatic hydroxyl groups is 1. The maximum absolute atomic E-state index is 11.5. The Labute approximate surface area is 105 Å². The standard InChI is InChI=1S/C13H28N2O2/c1-5-10(4)8-15-13(17)7-12(16)11(14)6-9(2)3/h9-12,16H,5-8,14H2,1-4H3,(H,15,17)/t10-,11?,12?/m0/s1. The number of amides is 1. The molecule has 0 heterocycles. The van der Waals surface area contributed by atoms with Gasteiger partial charge in [0.05, 0.1) is 12.5 Å². The van der Waals surface area contributed by atoms with Crippen molar-refractivity contribution in [3.8, 4) is 0 Å². The predicted molar refractivity (Wildman–Crippen MR) is 70.5 cm³/mol. The Kier molecular flexibility index (Phi) is 8.17. The van der Waals surface area contributed by atoms with E-state index in [1.165, 1.54) is 0 Å². The second kappa shape index (κ2) is 8.48. The molecule has 0 spiro atoms. The van der Waals surface area contributed by atoms with E-state index in [2.05, 4.69) is 33.0 Å². The molecule has 0 aliphatic carbocycles. The van der Waals surface area contributed by atoms with Crippen molar-refractivity contribution >= 4 is 5.91 Å². The molecular weight excluding hydrogens is 216 g/mol. The Bertz CT molecular complexity index is 219. The summed E-state index contributed by atoms with van der Waals surface area (Å²) in [7, 11) is 0. The van der Waals surface area contributed by atoms with Crippen molar-refractivity contribution in [1.82, 2.24) is 5.32 Å². The summed E-state index contributed by atoms with van der Waals surface area (Å²) in [5.41, 5.74) is 5.82. The van der Waals surface area contributed by atoms with Gasteiger partial charge in [0.15, 0.2) is 0 Å². The fourth-order valence-electron chi connectivity index (χ4n) is 1.55. The molecule has 0 aromatic heterocycles. The van der Waals surface area contributed by atoms with Crippen molar-refractivity contribution in [1.29, 1.82) is 0 Å². The van der Waals surface area contributed by atoms with Crippen LogP contribution in [-0.2, 0) is 4.79 Å². The lowest BCUT2D eigenvalue weighted by Crippen LogP contribution is -2.40. The zero-order valence-corrected chi connectivity index (χ0v) is 11.6. The average molecular weight is 244 g/mol. The van der Waals surface area contributed by atoms with Crippen LogP contribution in [0.5, 0.6) is 0 Å². The molecule has 0 bridgehead atoms. The number of hydrogen-bond acceptors (Lipinski definition) is 3. The van der Waals surface area contributed by atoms with Crippen molar-refractivity contribution < 1.29 is 9.90 Å². The molecule has 4 nitrogen and oxygen atoms in total. The van der Waals surface area contributed by atoms with Crippen LogP contribution < -0.4 is 11.1 Å². The molecule has 1 amide bonds. The number of nitrogens with one attached hydrogen (secondary N) is 1. The van der Waals surface area contributed by atoms with Gasteiger partial charge in [-0.25, -0.2) is 0 Å². The Hall–Kier alpha value is -0.610. The second-order valence-electron chi connectivity index (χ2n) is 5.38. The first-order valence-electron chi connectivity index (χ1n) is 6.57. The molecule has 0 aromatic carbocycles. The summed E-state index contributed by atoms with van der Waals surface area (Å²) in [4.78, 5) is 11.5. The highest BCUT2D eigenvalue weighted by molar-refractivity contribution is 5.76. The van der Waals surface area contributed by atoms with Crippen molar-refractivity contribution in [3.63, 3.8) is 0 Å². The number of hydrogen-bond donors (Lipinski definition) is 3. The highest BCUT2D eigenvalue weighted by Gasteiger charge is 2.19. The lowest BCUT2D eigenvalue weighted by Gasteiger charge is -2.20. The maximum atomic E-state index is 11.5. The summed E-state index contributed by atoms with van der Waals surface area (Å²) in [6, 6.07) is -0.315. The average Bonchev–Trinajstić information content (AvgIpc) is 2.24. The Balaban J connectivity index is 3.86. The zero-order chi connectivity index (χ0) is 13.4. The van der Waals surface area contributed by atoms with E-state index in [1.807, 2.05) is 0 Å². The van der Waals surface area contributed by atoms with Gasteiger partial charge in [-0.1, -0.05) is 34.1 Å². The summed E-state index contributed by atoms with van der Waals surface area (Å²) in [5.74, 6) is 0.792. The van der Waals surface area contributed by atoms with Crippen molar-refractivity contribution in [2.75, 3.05) is 6.54 Å². The number of nitrogens with two attached hydrogens (primary N) is 1. The van der Waals surface area contributed by atoms with Gasteiger partial charge in [-0.2, -0.15) is 0 Å². The van der Waals surface area contributed by atoms with Gasteiger partial charge in [-0.15, -0.1) is 0 Å². The number of carbonyl (C=O) groups excluding carboxylic acids is 1. The fourth-order valence-corrected chi connectivity index (χ4v) is 1.55. The minimum atomic E-state index is -0.741. The smallest absolute Gasteiger partial charge is 0.222 e. The Morgan fingerprint density at radius 1 is 1.35 bits per heavy atom. The second-order valence-corrected chi connectivity index (χ2v) is 5.38. The minimum Gasteiger partial charge on any atom is -0.391 e. The third-order valence-corrected chi connectivity index (χ3v) is 2.98. The van der Waals surface area contributed by atoms with Crippen LogP contribution in [0.2, 0.25) is 0 Å². The van der Waals surface area contributed by atoms with E-state index in [1.54, 1.807) is 0 Å². The van der Waals surface area contributed by atoms with Gasteiger partial charge in [-0.3, -0.25) is 4.79 Å². The van der Waals surface area contributed by atoms with Crippen LogP contribution in [0.25, 0.3) is 0 Å². The van der Waals surface area contributed by atoms with Gasteiger partial charge in [-0.05, 0) is 18.3 Å². The van der Waals surface area contributed by atoms with Crippen molar-refractivity contribution in [3.05, 3.63) is 0 Å². The molecule has 0 radical (unpaired) electrons. The summed E-state index contributed by atoms with van der Waals surface area (Å²) in [6.07, 6.45) is 1.13. The first-order valence-corrected chi connectivity index (χ1v) is 6.57. The first-order chi connectivity index (χ1) is 7.86. The molecule has 0 fully saturated rings. The third-order valence-electron chi connectivity index (χ3n) is 2.98. The summed E-state index contributed by atoms with van der Waals surface area (Å²) >= 11 is 0. The highest BCUT2D eigenvalue weighted by atomic mass is 16.3. The molecule has 0 saturated heterocycles. The SMILES string of the molecule is CC[C@H](C)CNC(=O)CC(O)C(N)CC(C)C. The number of aliphatic hydroxyl groups excluding tert-OH is 1. The molecule has 3 atom stereocenters. The van der Waals surface area contributed by atoms with Gasteiger partial charge in [0, 0.05) is 12.6 Å². The van der Waals surface area contributed by atoms with Crippen molar-refractivity contribution in [2.45, 2.75) is 59.1 Å². The third kappa shape index (κ3) is 8.16. The summed E-state index contributed by atoms with van der Waals surface area (Å²) in [5, 5.41) is 12.6. The summed E-state index contributed by atoms with van der Waals surface area (Å²) < 4.78 is 0. The largest absolute Gasteiger partial charge is 0.391 e. The van der Waals surface area contributed by atoms with E-state index >= 15 is 0 Å². The van der Waals surface area contributed by atoms with Crippen molar-refractivity contribution in [2.24, 2.45) is 17.6 Å². The molecule has 0 aliphatic heterocycles. The van der Waals surface area contributed by atoms with Gasteiger partial charge >= 0.3 is 0 Å². The quantitative estimate of drug-likeness (QED) is 0.602. The molecule has 4 heteroatoms. The monoisotopic (exact) mass is 244 g/mol. The van der Waals surface area contributed by atoms with Crippen LogP contribution in [0.15, 0.2) is 0 Å². The van der Waals surface area contributed by atoms with Gasteiger partial charge < -0.3 is 16.2 Å². The van der Waals surface area contributed by atoms with Crippen LogP contribution in [0.1, 0.15) is 47.0 Å². The van der Waals surface area contributed by atoms with Gasteiger partial charge in [0.2, 0.25) is 5.91 Å². The van der Waals surface area contributed by atoms with E-state index in [0.29, 0.717) is 18.4 Å². The number of carbonyl (C=O) groups is 1. The van der Waals surface area contributed by atoms with Gasteiger partial charge in [0.25, 0.3) is 0 Å². The predicted octanol–water partition coefficient (Wildman–Crippen LogP) is 1.27. The van der Waals surface area contributed by atoms with Crippen LogP contribution in [-0.4, -0.2) is 29.7 Å². The topological polar surface area (TPSA) is 75.3 Å². The molecule has 17 heavy (non-hydrogen) atoms. The first kappa shape index (κ1) is 16.4. The van der Waals surface area contributed by atoms with E-state index in [-0.39, 0.29) is 18.4 Å². The lowest BCUT2D eigenvalue weighted by molar-refractivity contribution is -0.123. The summed E-state index contributed by atoms with van der Waals surface area (Å²) in [6.45, 7) is 8.94. The normalized spacial score (nSPS) is 16.6. The number of rotatable bonds is 8. The Morgan fingerprint density at radius 3 is 2.41 bits per heavy atom. The van der Waals surface area contributed by atoms with E-state index in [0.717, 1.165) is 12.8 Å². The maximum Gasteiger partial charge on any atom is 0.222 e. The molecule has 102 valence electrons. The van der Waals surface area contributed by atoms with E-state index in [9.17, 15) is 9.90 Å². The lowest BCUT2D eigenvalue weighted by atomic mass is 9.98. The van der Waals surface area contributed by atoms with E-state index < -0.39 is 6.10 Å². The highest BCUT2D eigenvalue weighted by Crippen LogP contribution is 2.08. The van der Waals surface area contributed by atoms with E-state index in [4.69, 9.17) is 5.73 Å².